The Hall–Kier alpha value is -3.98. The van der Waals surface area contributed by atoms with E-state index in [1.165, 1.54) is 17.8 Å². The van der Waals surface area contributed by atoms with Crippen LogP contribution < -0.4 is 5.32 Å². The molecule has 0 saturated heterocycles. The fourth-order valence-electron chi connectivity index (χ4n) is 3.65. The van der Waals surface area contributed by atoms with E-state index in [1.807, 2.05) is 60.9 Å². The third-order valence-electron chi connectivity index (χ3n) is 5.30. The van der Waals surface area contributed by atoms with E-state index in [9.17, 15) is 14.9 Å². The smallest absolute Gasteiger partial charge is 0.293 e. The number of benzene rings is 3. The summed E-state index contributed by atoms with van der Waals surface area (Å²) in [6.07, 6.45) is 1.62. The summed E-state index contributed by atoms with van der Waals surface area (Å²) < 4.78 is 1.84. The van der Waals surface area contributed by atoms with Crippen LogP contribution in [0.3, 0.4) is 0 Å². The number of nitro benzene ring substituents is 1. The topological polar surface area (TPSA) is 103 Å². The Labute approximate surface area is 201 Å². The SMILES string of the molecule is Cc1ccc(-n2cnnc2SC(C(=O)Nc2ccc(C)cc2[N+](=O)[O-])c2ccccc2)c(C)c1. The minimum Gasteiger partial charge on any atom is -0.319 e. The molecule has 0 bridgehead atoms. The van der Waals surface area contributed by atoms with Crippen molar-refractivity contribution in [1.29, 1.82) is 0 Å². The summed E-state index contributed by atoms with van der Waals surface area (Å²) >= 11 is 1.24. The Kier molecular flexibility index (Phi) is 6.74. The fraction of sp³-hybridized carbons (Fsp3) is 0.160. The molecule has 3 aromatic carbocycles. The van der Waals surface area contributed by atoms with Gasteiger partial charge in [-0.25, -0.2) is 0 Å². The number of hydrogen-bond acceptors (Lipinski definition) is 6. The van der Waals surface area contributed by atoms with Crippen LogP contribution >= 0.6 is 11.8 Å². The predicted octanol–water partition coefficient (Wildman–Crippen LogP) is 5.57. The first kappa shape index (κ1) is 23.2. The lowest BCUT2D eigenvalue weighted by molar-refractivity contribution is -0.384. The number of aromatic nitrogens is 3. The van der Waals surface area contributed by atoms with Crippen molar-refractivity contribution in [2.24, 2.45) is 0 Å². The summed E-state index contributed by atoms with van der Waals surface area (Å²) in [4.78, 5) is 24.5. The van der Waals surface area contributed by atoms with Crippen molar-refractivity contribution in [2.45, 2.75) is 31.2 Å². The number of hydrogen-bond donors (Lipinski definition) is 1. The van der Waals surface area contributed by atoms with E-state index < -0.39 is 16.1 Å². The molecule has 1 amide bonds. The lowest BCUT2D eigenvalue weighted by Crippen LogP contribution is -2.20. The third kappa shape index (κ3) is 4.99. The zero-order valence-electron chi connectivity index (χ0n) is 18.9. The van der Waals surface area contributed by atoms with Crippen LogP contribution in [0.2, 0.25) is 0 Å². The van der Waals surface area contributed by atoms with Gasteiger partial charge in [-0.2, -0.15) is 0 Å². The molecular formula is C25H23N5O3S. The summed E-state index contributed by atoms with van der Waals surface area (Å²) in [5.41, 5.74) is 4.60. The standard InChI is InChI=1S/C25H23N5O3S/c1-16-10-12-21(18(3)13-16)29-15-26-28-25(29)34-23(19-7-5-4-6-8-19)24(31)27-20-11-9-17(2)14-22(20)30(32)33/h4-15,23H,1-3H3,(H,27,31). The second kappa shape index (κ2) is 9.88. The molecule has 34 heavy (non-hydrogen) atoms. The molecule has 1 heterocycles. The largest absolute Gasteiger partial charge is 0.319 e. The Morgan fingerprint density at radius 2 is 1.74 bits per heavy atom. The molecule has 4 rings (SSSR count). The van der Waals surface area contributed by atoms with Crippen LogP contribution in [0.25, 0.3) is 5.69 Å². The van der Waals surface area contributed by atoms with Crippen molar-refractivity contribution in [3.63, 3.8) is 0 Å². The molecule has 172 valence electrons. The lowest BCUT2D eigenvalue weighted by Gasteiger charge is -2.18. The molecule has 0 spiro atoms. The second-order valence-electron chi connectivity index (χ2n) is 7.95. The number of rotatable bonds is 7. The molecule has 0 saturated carbocycles. The summed E-state index contributed by atoms with van der Waals surface area (Å²) in [6.45, 7) is 5.80. The van der Waals surface area contributed by atoms with Gasteiger partial charge >= 0.3 is 0 Å². The molecule has 1 N–H and O–H groups in total. The maximum atomic E-state index is 13.4. The predicted molar refractivity (Wildman–Crippen MR) is 132 cm³/mol. The molecule has 0 aliphatic rings. The zero-order valence-corrected chi connectivity index (χ0v) is 19.7. The van der Waals surface area contributed by atoms with Gasteiger partial charge in [-0.1, -0.05) is 65.9 Å². The van der Waals surface area contributed by atoms with Crippen LogP contribution in [0, 0.1) is 30.9 Å². The van der Waals surface area contributed by atoms with Crippen LogP contribution in [0.5, 0.6) is 0 Å². The van der Waals surface area contributed by atoms with E-state index in [-0.39, 0.29) is 11.4 Å². The van der Waals surface area contributed by atoms with E-state index in [1.54, 1.807) is 25.4 Å². The van der Waals surface area contributed by atoms with Gasteiger partial charge in [0.2, 0.25) is 5.91 Å². The van der Waals surface area contributed by atoms with Gasteiger partial charge in [0.25, 0.3) is 5.69 Å². The van der Waals surface area contributed by atoms with E-state index in [0.717, 1.165) is 27.9 Å². The van der Waals surface area contributed by atoms with Gasteiger partial charge in [0.1, 0.15) is 17.3 Å². The van der Waals surface area contributed by atoms with E-state index in [2.05, 4.69) is 21.6 Å². The molecule has 0 aliphatic carbocycles. The molecule has 0 aliphatic heterocycles. The van der Waals surface area contributed by atoms with E-state index >= 15 is 0 Å². The minimum absolute atomic E-state index is 0.149. The Bertz CT molecular complexity index is 1350. The number of carbonyl (C=O) groups excluding carboxylic acids is 1. The molecule has 1 unspecified atom stereocenters. The Morgan fingerprint density at radius 1 is 1.03 bits per heavy atom. The van der Waals surface area contributed by atoms with Crippen molar-refractivity contribution in [1.82, 2.24) is 14.8 Å². The number of thioether (sulfide) groups is 1. The van der Waals surface area contributed by atoms with Crippen LogP contribution in [-0.2, 0) is 4.79 Å². The van der Waals surface area contributed by atoms with Crippen molar-refractivity contribution < 1.29 is 9.72 Å². The first-order valence-corrected chi connectivity index (χ1v) is 11.5. The first-order valence-electron chi connectivity index (χ1n) is 10.6. The normalized spacial score (nSPS) is 11.7. The molecule has 9 heteroatoms. The van der Waals surface area contributed by atoms with Crippen LogP contribution in [0.1, 0.15) is 27.5 Å². The minimum atomic E-state index is -0.712. The molecule has 1 aromatic heterocycles. The van der Waals surface area contributed by atoms with Gasteiger partial charge < -0.3 is 5.32 Å². The lowest BCUT2D eigenvalue weighted by atomic mass is 10.1. The van der Waals surface area contributed by atoms with Gasteiger partial charge in [-0.15, -0.1) is 10.2 Å². The fourth-order valence-corrected chi connectivity index (χ4v) is 4.67. The highest BCUT2D eigenvalue weighted by atomic mass is 32.2. The van der Waals surface area contributed by atoms with Crippen LogP contribution in [-0.4, -0.2) is 25.6 Å². The number of anilines is 1. The Morgan fingerprint density at radius 3 is 2.44 bits per heavy atom. The van der Waals surface area contributed by atoms with Crippen molar-refractivity contribution >= 4 is 29.0 Å². The quantitative estimate of drug-likeness (QED) is 0.214. The zero-order chi connectivity index (χ0) is 24.2. The third-order valence-corrected chi connectivity index (χ3v) is 6.51. The highest BCUT2D eigenvalue weighted by Crippen LogP contribution is 2.37. The van der Waals surface area contributed by atoms with Gasteiger partial charge in [-0.3, -0.25) is 19.5 Å². The molecule has 1 atom stereocenters. The monoisotopic (exact) mass is 473 g/mol. The van der Waals surface area contributed by atoms with Crippen molar-refractivity contribution in [3.05, 3.63) is 105 Å². The summed E-state index contributed by atoms with van der Waals surface area (Å²) in [5.74, 6) is -0.390. The maximum absolute atomic E-state index is 13.4. The summed E-state index contributed by atoms with van der Waals surface area (Å²) in [5, 5.41) is 22.4. The van der Waals surface area contributed by atoms with E-state index in [0.29, 0.717) is 5.16 Å². The van der Waals surface area contributed by atoms with Gasteiger partial charge in [0.05, 0.1) is 10.6 Å². The number of amides is 1. The van der Waals surface area contributed by atoms with Crippen LogP contribution in [0.4, 0.5) is 11.4 Å². The van der Waals surface area contributed by atoms with Gasteiger partial charge in [0.15, 0.2) is 5.16 Å². The number of nitrogens with one attached hydrogen (secondary N) is 1. The second-order valence-corrected chi connectivity index (χ2v) is 9.02. The Balaban J connectivity index is 1.69. The average molecular weight is 474 g/mol. The first-order chi connectivity index (χ1) is 16.3. The van der Waals surface area contributed by atoms with E-state index in [4.69, 9.17) is 0 Å². The maximum Gasteiger partial charge on any atom is 0.293 e. The van der Waals surface area contributed by atoms with Gasteiger partial charge in [0, 0.05) is 6.07 Å². The molecule has 0 radical (unpaired) electrons. The molecular weight excluding hydrogens is 450 g/mol. The number of carbonyl (C=O) groups is 1. The number of aryl methyl sites for hydroxylation is 3. The molecule has 0 fully saturated rings. The highest BCUT2D eigenvalue weighted by Gasteiger charge is 2.27. The van der Waals surface area contributed by atoms with Crippen LogP contribution in [0.15, 0.2) is 78.2 Å². The van der Waals surface area contributed by atoms with Gasteiger partial charge in [-0.05, 0) is 49.6 Å². The summed E-state index contributed by atoms with van der Waals surface area (Å²) in [7, 11) is 0. The van der Waals surface area contributed by atoms with Crippen molar-refractivity contribution in [2.75, 3.05) is 5.32 Å². The highest BCUT2D eigenvalue weighted by molar-refractivity contribution is 8.00. The number of nitrogens with zero attached hydrogens (tertiary/aromatic N) is 4. The molecule has 8 nitrogen and oxygen atoms in total. The number of nitro groups is 1. The van der Waals surface area contributed by atoms with Crippen molar-refractivity contribution in [3.8, 4) is 5.69 Å². The summed E-state index contributed by atoms with van der Waals surface area (Å²) in [6, 6.07) is 20.0. The molecule has 4 aromatic rings. The average Bonchev–Trinajstić information content (AvgIpc) is 3.27.